The lowest BCUT2D eigenvalue weighted by molar-refractivity contribution is -0.119. The highest BCUT2D eigenvalue weighted by atomic mass is 32.2. The topological polar surface area (TPSA) is 64.7 Å². The van der Waals surface area contributed by atoms with E-state index in [0.29, 0.717) is 17.0 Å². The van der Waals surface area contributed by atoms with Gasteiger partial charge in [0, 0.05) is 24.0 Å². The van der Waals surface area contributed by atoms with Crippen molar-refractivity contribution < 1.29 is 4.79 Å². The second-order valence-corrected chi connectivity index (χ2v) is 8.53. The third kappa shape index (κ3) is 4.90. The Bertz CT molecular complexity index is 925. The van der Waals surface area contributed by atoms with Gasteiger partial charge in [0.1, 0.15) is 0 Å². The molecule has 1 aromatic carbocycles. The molecule has 29 heavy (non-hydrogen) atoms. The number of hydrogen-bond acceptors (Lipinski definition) is 4. The zero-order valence-electron chi connectivity index (χ0n) is 16.8. The number of benzene rings is 1. The summed E-state index contributed by atoms with van der Waals surface area (Å²) in [4.78, 5) is 12.5. The number of rotatable bonds is 6. The van der Waals surface area contributed by atoms with E-state index in [4.69, 9.17) is 0 Å². The first-order valence-electron chi connectivity index (χ1n) is 10.3. The second kappa shape index (κ2) is 9.31. The Morgan fingerprint density at radius 2 is 1.76 bits per heavy atom. The van der Waals surface area contributed by atoms with E-state index in [-0.39, 0.29) is 5.91 Å². The highest BCUT2D eigenvalue weighted by Gasteiger charge is 2.19. The molecule has 3 aromatic rings. The van der Waals surface area contributed by atoms with Gasteiger partial charge in [0.05, 0.1) is 5.75 Å². The van der Waals surface area contributed by atoms with Gasteiger partial charge in [-0.15, -0.1) is 10.2 Å². The van der Waals surface area contributed by atoms with E-state index in [1.165, 1.54) is 43.0 Å². The standard InChI is InChI=1S/C22H27N5OS/c1-17-10-12-18(13-11-17)21-24-25-22(27(21)26-14-6-7-15-26)29-16-20(28)23-19-8-4-2-3-5-9-19/h6-7,10-15,19H,2-5,8-9,16H2,1H3,(H,23,28). The van der Waals surface area contributed by atoms with Crippen molar-refractivity contribution in [1.82, 2.24) is 24.9 Å². The fourth-order valence-corrected chi connectivity index (χ4v) is 4.47. The SMILES string of the molecule is Cc1ccc(-c2nnc(SCC(=O)NC3CCCCCC3)n2-n2cccc2)cc1. The Morgan fingerprint density at radius 1 is 1.07 bits per heavy atom. The molecule has 1 fully saturated rings. The van der Waals surface area contributed by atoms with Crippen LogP contribution in [0, 0.1) is 6.92 Å². The third-order valence-corrected chi connectivity index (χ3v) is 6.21. The van der Waals surface area contributed by atoms with Crippen molar-refractivity contribution in [3.63, 3.8) is 0 Å². The predicted molar refractivity (Wildman–Crippen MR) is 116 cm³/mol. The van der Waals surface area contributed by atoms with E-state index in [0.717, 1.165) is 24.2 Å². The Morgan fingerprint density at radius 3 is 2.45 bits per heavy atom. The number of carbonyl (C=O) groups excluding carboxylic acids is 1. The summed E-state index contributed by atoms with van der Waals surface area (Å²) in [5.41, 5.74) is 2.19. The fourth-order valence-electron chi connectivity index (χ4n) is 3.73. The van der Waals surface area contributed by atoms with E-state index in [1.807, 2.05) is 46.0 Å². The monoisotopic (exact) mass is 409 g/mol. The van der Waals surface area contributed by atoms with Crippen molar-refractivity contribution in [2.45, 2.75) is 56.6 Å². The summed E-state index contributed by atoms with van der Waals surface area (Å²) in [5.74, 6) is 1.16. The van der Waals surface area contributed by atoms with Gasteiger partial charge in [-0.3, -0.25) is 9.47 Å². The maximum absolute atomic E-state index is 12.5. The largest absolute Gasteiger partial charge is 0.353 e. The van der Waals surface area contributed by atoms with Crippen LogP contribution in [0.15, 0.2) is 53.9 Å². The van der Waals surface area contributed by atoms with E-state index >= 15 is 0 Å². The second-order valence-electron chi connectivity index (χ2n) is 7.59. The first kappa shape index (κ1) is 19.8. The van der Waals surface area contributed by atoms with Crippen LogP contribution in [0.4, 0.5) is 0 Å². The third-order valence-electron chi connectivity index (χ3n) is 5.29. The number of hydrogen-bond donors (Lipinski definition) is 1. The minimum Gasteiger partial charge on any atom is -0.353 e. The molecule has 2 aromatic heterocycles. The Balaban J connectivity index is 1.50. The van der Waals surface area contributed by atoms with Crippen LogP contribution in [0.2, 0.25) is 0 Å². The normalized spacial score (nSPS) is 15.2. The molecule has 0 aliphatic heterocycles. The van der Waals surface area contributed by atoms with Gasteiger partial charge in [-0.1, -0.05) is 67.3 Å². The van der Waals surface area contributed by atoms with Crippen molar-refractivity contribution in [3.8, 4) is 11.4 Å². The summed E-state index contributed by atoms with van der Waals surface area (Å²) in [6, 6.07) is 12.5. The van der Waals surface area contributed by atoms with Crippen molar-refractivity contribution in [2.24, 2.45) is 0 Å². The van der Waals surface area contributed by atoms with Crippen molar-refractivity contribution in [2.75, 3.05) is 5.75 Å². The molecular weight excluding hydrogens is 382 g/mol. The number of thioether (sulfide) groups is 1. The summed E-state index contributed by atoms with van der Waals surface area (Å²) >= 11 is 1.42. The molecule has 1 amide bonds. The van der Waals surface area contributed by atoms with E-state index in [9.17, 15) is 4.79 Å². The Hall–Kier alpha value is -2.54. The minimum absolute atomic E-state index is 0.0702. The van der Waals surface area contributed by atoms with Crippen LogP contribution in [0.1, 0.15) is 44.1 Å². The van der Waals surface area contributed by atoms with Crippen molar-refractivity contribution >= 4 is 17.7 Å². The summed E-state index contributed by atoms with van der Waals surface area (Å²) in [7, 11) is 0. The molecular formula is C22H27N5OS. The van der Waals surface area contributed by atoms with Crippen LogP contribution < -0.4 is 5.32 Å². The summed E-state index contributed by atoms with van der Waals surface area (Å²) in [5, 5.41) is 12.7. The zero-order valence-corrected chi connectivity index (χ0v) is 17.6. The molecule has 4 rings (SSSR count). The first-order valence-corrected chi connectivity index (χ1v) is 11.3. The highest BCUT2D eigenvalue weighted by molar-refractivity contribution is 7.99. The summed E-state index contributed by atoms with van der Waals surface area (Å²) in [6.07, 6.45) is 11.1. The number of carbonyl (C=O) groups is 1. The molecule has 6 nitrogen and oxygen atoms in total. The Labute approximate surface area is 175 Å². The number of amides is 1. The number of aryl methyl sites for hydroxylation is 1. The number of aromatic nitrogens is 4. The molecule has 7 heteroatoms. The van der Waals surface area contributed by atoms with Gasteiger partial charge in [0.25, 0.3) is 0 Å². The average Bonchev–Trinajstić information content (AvgIpc) is 3.32. The molecule has 0 bridgehead atoms. The van der Waals surface area contributed by atoms with E-state index < -0.39 is 0 Å². The number of nitrogens with zero attached hydrogens (tertiary/aromatic N) is 4. The fraction of sp³-hybridized carbons (Fsp3) is 0.409. The van der Waals surface area contributed by atoms with Crippen LogP contribution in [0.5, 0.6) is 0 Å². The lowest BCUT2D eigenvalue weighted by atomic mass is 10.1. The minimum atomic E-state index is 0.0702. The molecule has 0 radical (unpaired) electrons. The quantitative estimate of drug-likeness (QED) is 0.487. The summed E-state index contributed by atoms with van der Waals surface area (Å²) < 4.78 is 3.90. The molecule has 0 spiro atoms. The molecule has 0 unspecified atom stereocenters. The van der Waals surface area contributed by atoms with Gasteiger partial charge >= 0.3 is 0 Å². The first-order chi connectivity index (χ1) is 14.2. The molecule has 152 valence electrons. The van der Waals surface area contributed by atoms with Gasteiger partial charge in [0.2, 0.25) is 11.1 Å². The van der Waals surface area contributed by atoms with Crippen LogP contribution >= 0.6 is 11.8 Å². The smallest absolute Gasteiger partial charge is 0.230 e. The highest BCUT2D eigenvalue weighted by Crippen LogP contribution is 2.25. The molecule has 0 atom stereocenters. The maximum Gasteiger partial charge on any atom is 0.230 e. The molecule has 1 aliphatic carbocycles. The maximum atomic E-state index is 12.5. The summed E-state index contributed by atoms with van der Waals surface area (Å²) in [6.45, 7) is 2.06. The molecule has 1 saturated carbocycles. The van der Waals surface area contributed by atoms with Gasteiger partial charge in [-0.25, -0.2) is 4.68 Å². The van der Waals surface area contributed by atoms with E-state index in [2.05, 4.69) is 34.6 Å². The van der Waals surface area contributed by atoms with Crippen LogP contribution in [0.25, 0.3) is 11.4 Å². The Kier molecular flexibility index (Phi) is 6.34. The lowest BCUT2D eigenvalue weighted by Crippen LogP contribution is -2.35. The van der Waals surface area contributed by atoms with Gasteiger partial charge in [0.15, 0.2) is 5.82 Å². The molecule has 0 saturated heterocycles. The van der Waals surface area contributed by atoms with Crippen LogP contribution in [-0.2, 0) is 4.79 Å². The molecule has 1 aliphatic rings. The molecule has 1 N–H and O–H groups in total. The number of nitrogens with one attached hydrogen (secondary N) is 1. The van der Waals surface area contributed by atoms with Gasteiger partial charge in [-0.05, 0) is 31.9 Å². The van der Waals surface area contributed by atoms with Crippen LogP contribution in [-0.4, -0.2) is 37.3 Å². The predicted octanol–water partition coefficient (Wildman–Crippen LogP) is 4.30. The average molecular weight is 410 g/mol. The van der Waals surface area contributed by atoms with Crippen molar-refractivity contribution in [1.29, 1.82) is 0 Å². The lowest BCUT2D eigenvalue weighted by Gasteiger charge is -2.16. The van der Waals surface area contributed by atoms with Crippen molar-refractivity contribution in [3.05, 3.63) is 54.4 Å². The van der Waals surface area contributed by atoms with Crippen LogP contribution in [0.3, 0.4) is 0 Å². The zero-order chi connectivity index (χ0) is 20.1. The van der Waals surface area contributed by atoms with E-state index in [1.54, 1.807) is 0 Å². The van der Waals surface area contributed by atoms with Gasteiger partial charge in [-0.2, -0.15) is 0 Å². The van der Waals surface area contributed by atoms with Gasteiger partial charge < -0.3 is 5.32 Å². The molecule has 2 heterocycles.